The van der Waals surface area contributed by atoms with E-state index in [1.165, 1.54) is 0 Å². The number of hydrogen-bond acceptors (Lipinski definition) is 4. The largest absolute Gasteiger partial charge is 0.412 e. The maximum Gasteiger partial charge on any atom is 0.305 e. The van der Waals surface area contributed by atoms with Crippen molar-refractivity contribution in [1.82, 2.24) is 0 Å². The van der Waals surface area contributed by atoms with Gasteiger partial charge in [-0.2, -0.15) is 0 Å². The van der Waals surface area contributed by atoms with E-state index in [1.807, 2.05) is 0 Å². The van der Waals surface area contributed by atoms with E-state index in [4.69, 9.17) is 9.47 Å². The first-order valence-electron chi connectivity index (χ1n) is 6.41. The highest BCUT2D eigenvalue weighted by Gasteiger charge is 2.36. The predicted octanol–water partition coefficient (Wildman–Crippen LogP) is -0.106. The summed E-state index contributed by atoms with van der Waals surface area (Å²) in [5.41, 5.74) is 0. The van der Waals surface area contributed by atoms with Crippen molar-refractivity contribution >= 4 is 0 Å². The van der Waals surface area contributed by atoms with Crippen molar-refractivity contribution < 1.29 is 30.6 Å². The van der Waals surface area contributed by atoms with Crippen molar-refractivity contribution in [3.8, 4) is 0 Å². The van der Waals surface area contributed by atoms with Gasteiger partial charge in [-0.25, -0.2) is 0 Å². The maximum atomic E-state index is 10.0. The summed E-state index contributed by atoms with van der Waals surface area (Å²) in [5, 5.41) is 19.3. The van der Waals surface area contributed by atoms with Gasteiger partial charge in [0, 0.05) is 0 Å². The molecule has 0 unspecified atom stereocenters. The Morgan fingerprint density at radius 1 is 0.833 bits per heavy atom. The zero-order valence-electron chi connectivity index (χ0n) is 10.7. The normalized spacial score (nSPS) is 21.7. The van der Waals surface area contributed by atoms with Gasteiger partial charge in [0.1, 0.15) is 6.61 Å². The topological polar surface area (TPSA) is 122 Å². The number of ether oxygens (including phenoxy) is 2. The number of aliphatic hydroxyl groups is 2. The second kappa shape index (κ2) is 8.04. The van der Waals surface area contributed by atoms with Crippen molar-refractivity contribution in [2.75, 3.05) is 6.61 Å². The van der Waals surface area contributed by atoms with Crippen LogP contribution in [0.15, 0.2) is 0 Å². The molecule has 0 aromatic heterocycles. The quantitative estimate of drug-likeness (QED) is 0.674. The third-order valence-electron chi connectivity index (χ3n) is 3.51. The molecule has 0 radical (unpaired) electrons. The molecule has 2 rings (SSSR count). The van der Waals surface area contributed by atoms with E-state index in [-0.39, 0.29) is 23.2 Å². The van der Waals surface area contributed by atoms with Crippen LogP contribution in [0.1, 0.15) is 51.4 Å². The highest BCUT2D eigenvalue weighted by atomic mass is 16.8. The lowest BCUT2D eigenvalue weighted by atomic mass is 10.3. The van der Waals surface area contributed by atoms with Gasteiger partial charge in [0.05, 0.1) is 12.2 Å². The number of hydrogen-bond donors (Lipinski definition) is 2. The predicted molar refractivity (Wildman–Crippen MR) is 65.9 cm³/mol. The molecule has 6 heteroatoms. The molecule has 0 aromatic rings. The Morgan fingerprint density at radius 3 is 1.44 bits per heavy atom. The van der Waals surface area contributed by atoms with E-state index in [1.54, 1.807) is 0 Å². The minimum Gasteiger partial charge on any atom is -0.412 e. The fourth-order valence-corrected chi connectivity index (χ4v) is 2.64. The summed E-state index contributed by atoms with van der Waals surface area (Å²) in [5.74, 6) is -1.77. The van der Waals surface area contributed by atoms with Gasteiger partial charge in [-0.05, 0) is 25.7 Å². The molecular formula is C12H26O6. The van der Waals surface area contributed by atoms with Crippen LogP contribution in [0.5, 0.6) is 0 Å². The van der Waals surface area contributed by atoms with Crippen molar-refractivity contribution in [3.05, 3.63) is 0 Å². The van der Waals surface area contributed by atoms with Gasteiger partial charge in [0.15, 0.2) is 0 Å². The lowest BCUT2D eigenvalue weighted by Crippen LogP contribution is -2.44. The summed E-state index contributed by atoms with van der Waals surface area (Å²) in [6.45, 7) is -0.486. The number of rotatable bonds is 5. The van der Waals surface area contributed by atoms with Crippen LogP contribution in [0.4, 0.5) is 0 Å². The van der Waals surface area contributed by atoms with Crippen LogP contribution in [0.3, 0.4) is 0 Å². The molecule has 110 valence electrons. The van der Waals surface area contributed by atoms with Gasteiger partial charge in [-0.3, -0.25) is 0 Å². The van der Waals surface area contributed by atoms with Crippen LogP contribution in [-0.2, 0) is 9.47 Å². The molecule has 0 atom stereocenters. The van der Waals surface area contributed by atoms with E-state index < -0.39 is 12.6 Å². The Morgan fingerprint density at radius 2 is 1.17 bits per heavy atom. The van der Waals surface area contributed by atoms with Gasteiger partial charge in [-0.15, -0.1) is 0 Å². The fourth-order valence-electron chi connectivity index (χ4n) is 2.64. The van der Waals surface area contributed by atoms with E-state index in [2.05, 4.69) is 0 Å². The van der Waals surface area contributed by atoms with Gasteiger partial charge in [0.2, 0.25) is 0 Å². The Bertz CT molecular complexity index is 193. The Kier molecular flexibility index (Phi) is 7.93. The summed E-state index contributed by atoms with van der Waals surface area (Å²) >= 11 is 0. The summed E-state index contributed by atoms with van der Waals surface area (Å²) in [6.07, 6.45) is 8.44. The molecule has 2 fully saturated rings. The molecule has 0 amide bonds. The highest BCUT2D eigenvalue weighted by molar-refractivity contribution is 4.72. The Hall–Kier alpha value is -0.240. The lowest BCUT2D eigenvalue weighted by Gasteiger charge is -2.31. The van der Waals surface area contributed by atoms with Crippen molar-refractivity contribution in [1.29, 1.82) is 0 Å². The molecule has 18 heavy (non-hydrogen) atoms. The van der Waals surface area contributed by atoms with Gasteiger partial charge in [0.25, 0.3) is 0 Å². The monoisotopic (exact) mass is 266 g/mol. The van der Waals surface area contributed by atoms with Crippen molar-refractivity contribution in [3.63, 3.8) is 0 Å². The molecule has 2 saturated carbocycles. The minimum atomic E-state index is -1.77. The lowest BCUT2D eigenvalue weighted by molar-refractivity contribution is -0.397. The molecule has 0 saturated heterocycles. The van der Waals surface area contributed by atoms with E-state index in [9.17, 15) is 10.2 Å². The first kappa shape index (κ1) is 17.8. The molecule has 0 spiro atoms. The summed E-state index contributed by atoms with van der Waals surface area (Å²) < 4.78 is 11.0. The van der Waals surface area contributed by atoms with E-state index in [0.29, 0.717) is 0 Å². The average molecular weight is 266 g/mol. The first-order valence-corrected chi connectivity index (χ1v) is 6.41. The van der Waals surface area contributed by atoms with Crippen LogP contribution in [-0.4, -0.2) is 46.0 Å². The maximum absolute atomic E-state index is 10.0. The SMILES string of the molecule is O.O.OCC(O)(OC1CCCC1)OC1CCCC1. The molecular weight excluding hydrogens is 240 g/mol. The average Bonchev–Trinajstić information content (AvgIpc) is 2.91. The second-order valence-electron chi connectivity index (χ2n) is 4.92. The molecule has 2 aliphatic carbocycles. The van der Waals surface area contributed by atoms with Crippen molar-refractivity contribution in [2.45, 2.75) is 69.5 Å². The van der Waals surface area contributed by atoms with Crippen LogP contribution in [0.2, 0.25) is 0 Å². The molecule has 2 aliphatic rings. The van der Waals surface area contributed by atoms with E-state index >= 15 is 0 Å². The second-order valence-corrected chi connectivity index (χ2v) is 4.92. The molecule has 6 N–H and O–H groups in total. The van der Waals surface area contributed by atoms with Crippen LogP contribution in [0.25, 0.3) is 0 Å². The minimum absolute atomic E-state index is 0. The zero-order chi connectivity index (χ0) is 11.4. The highest BCUT2D eigenvalue weighted by Crippen LogP contribution is 2.29. The third-order valence-corrected chi connectivity index (χ3v) is 3.51. The molecule has 0 aromatic carbocycles. The molecule has 0 heterocycles. The standard InChI is InChI=1S/C12H22O4.2H2O/c13-9-12(14,15-10-5-1-2-6-10)16-11-7-3-4-8-11;;/h10-11,13-14H,1-9H2;2*1H2. The summed E-state index contributed by atoms with van der Waals surface area (Å²) in [7, 11) is 0. The van der Waals surface area contributed by atoms with Crippen LogP contribution < -0.4 is 0 Å². The van der Waals surface area contributed by atoms with Gasteiger partial charge >= 0.3 is 5.97 Å². The van der Waals surface area contributed by atoms with E-state index in [0.717, 1.165) is 51.4 Å². The van der Waals surface area contributed by atoms with Crippen LogP contribution in [0, 0.1) is 0 Å². The zero-order valence-corrected chi connectivity index (χ0v) is 10.7. The molecule has 6 nitrogen and oxygen atoms in total. The Balaban J connectivity index is 0.00000144. The van der Waals surface area contributed by atoms with Gasteiger partial charge < -0.3 is 30.6 Å². The van der Waals surface area contributed by atoms with Crippen LogP contribution >= 0.6 is 0 Å². The smallest absolute Gasteiger partial charge is 0.305 e. The summed E-state index contributed by atoms with van der Waals surface area (Å²) in [6, 6.07) is 0. The first-order chi connectivity index (χ1) is 7.72. The molecule has 0 bridgehead atoms. The van der Waals surface area contributed by atoms with Crippen molar-refractivity contribution in [2.24, 2.45) is 0 Å². The Labute approximate surface area is 108 Å². The fraction of sp³-hybridized carbons (Fsp3) is 1.00. The summed E-state index contributed by atoms with van der Waals surface area (Å²) in [4.78, 5) is 0. The number of aliphatic hydroxyl groups excluding tert-OH is 1. The third kappa shape index (κ3) is 4.79. The molecule has 0 aliphatic heterocycles. The van der Waals surface area contributed by atoms with Gasteiger partial charge in [-0.1, -0.05) is 25.7 Å².